The smallest absolute Gasteiger partial charge is 0.254 e. The van der Waals surface area contributed by atoms with Crippen LogP contribution in [0.25, 0.3) is 0 Å². The number of carbonyl (C=O) groups is 2. The molecule has 2 aromatic carbocycles. The summed E-state index contributed by atoms with van der Waals surface area (Å²) in [5.41, 5.74) is 1.20. The number of nitrogens with zero attached hydrogens (tertiary/aromatic N) is 2. The van der Waals surface area contributed by atoms with Crippen molar-refractivity contribution in [2.45, 2.75) is 18.9 Å². The highest BCUT2D eigenvalue weighted by atomic mass is 35.5. The van der Waals surface area contributed by atoms with Crippen molar-refractivity contribution in [3.63, 3.8) is 0 Å². The van der Waals surface area contributed by atoms with Crippen LogP contribution in [0.15, 0.2) is 48.5 Å². The second-order valence-corrected chi connectivity index (χ2v) is 8.44. The van der Waals surface area contributed by atoms with E-state index >= 15 is 0 Å². The van der Waals surface area contributed by atoms with Gasteiger partial charge in [0.25, 0.3) is 11.8 Å². The van der Waals surface area contributed by atoms with Gasteiger partial charge in [0.15, 0.2) is 0 Å². The average Bonchev–Trinajstić information content (AvgIpc) is 3.36. The largest absolute Gasteiger partial charge is 0.492 e. The lowest BCUT2D eigenvalue weighted by molar-refractivity contribution is -0.124. The minimum atomic E-state index is -0.397. The molecule has 0 aliphatic carbocycles. The lowest BCUT2D eigenvalue weighted by Gasteiger charge is -2.34. The highest BCUT2D eigenvalue weighted by molar-refractivity contribution is 6.30. The number of ether oxygens (including phenoxy) is 2. The number of halogens is 1. The fraction of sp³-hybridized carbons (Fsp3) is 0.417. The Balaban J connectivity index is 1.23. The van der Waals surface area contributed by atoms with E-state index in [0.29, 0.717) is 42.6 Å². The fourth-order valence-electron chi connectivity index (χ4n) is 3.92. The van der Waals surface area contributed by atoms with Crippen LogP contribution in [-0.4, -0.2) is 73.7 Å². The van der Waals surface area contributed by atoms with E-state index in [1.807, 2.05) is 29.2 Å². The van der Waals surface area contributed by atoms with Gasteiger partial charge in [-0.05, 0) is 55.3 Å². The van der Waals surface area contributed by atoms with Crippen LogP contribution in [0.3, 0.4) is 0 Å². The quantitative estimate of drug-likeness (QED) is 0.690. The molecule has 1 unspecified atom stereocenters. The number of piperazine rings is 1. The molecule has 0 bridgehead atoms. The van der Waals surface area contributed by atoms with Crippen molar-refractivity contribution in [1.82, 2.24) is 9.80 Å². The summed E-state index contributed by atoms with van der Waals surface area (Å²) in [6, 6.07) is 14.4. The molecule has 2 amide bonds. The van der Waals surface area contributed by atoms with Gasteiger partial charge in [0, 0.05) is 55.6 Å². The molecule has 0 spiro atoms. The maximum atomic E-state index is 13.0. The molecule has 2 saturated heterocycles. The van der Waals surface area contributed by atoms with Gasteiger partial charge in [0.1, 0.15) is 18.5 Å². The Morgan fingerprint density at radius 2 is 1.88 bits per heavy atom. The van der Waals surface area contributed by atoms with Crippen molar-refractivity contribution < 1.29 is 19.1 Å². The predicted molar refractivity (Wildman–Crippen MR) is 123 cm³/mol. The summed E-state index contributed by atoms with van der Waals surface area (Å²) in [4.78, 5) is 29.4. The van der Waals surface area contributed by atoms with E-state index in [1.54, 1.807) is 24.3 Å². The van der Waals surface area contributed by atoms with E-state index in [4.69, 9.17) is 21.1 Å². The number of hydrogen-bond acceptors (Lipinski definition) is 5. The van der Waals surface area contributed by atoms with E-state index in [9.17, 15) is 9.59 Å². The first-order valence-electron chi connectivity index (χ1n) is 11.0. The van der Waals surface area contributed by atoms with Crippen molar-refractivity contribution in [3.8, 4) is 5.75 Å². The first kappa shape index (κ1) is 22.6. The zero-order chi connectivity index (χ0) is 22.3. The van der Waals surface area contributed by atoms with Crippen molar-refractivity contribution in [1.29, 1.82) is 0 Å². The lowest BCUT2D eigenvalue weighted by Crippen LogP contribution is -2.49. The molecule has 4 rings (SSSR count). The molecule has 0 radical (unpaired) electrons. The van der Waals surface area contributed by atoms with Crippen LogP contribution in [0.4, 0.5) is 5.69 Å². The molecular formula is C24H28ClN3O4. The zero-order valence-corrected chi connectivity index (χ0v) is 18.7. The van der Waals surface area contributed by atoms with E-state index in [1.165, 1.54) is 0 Å². The number of carbonyl (C=O) groups excluding carboxylic acids is 2. The maximum absolute atomic E-state index is 13.0. The van der Waals surface area contributed by atoms with Gasteiger partial charge in [-0.25, -0.2) is 0 Å². The summed E-state index contributed by atoms with van der Waals surface area (Å²) in [6.45, 7) is 4.92. The number of benzene rings is 2. The van der Waals surface area contributed by atoms with Gasteiger partial charge >= 0.3 is 0 Å². The molecule has 2 aliphatic rings. The monoisotopic (exact) mass is 457 g/mol. The Morgan fingerprint density at radius 1 is 1.09 bits per heavy atom. The van der Waals surface area contributed by atoms with Gasteiger partial charge < -0.3 is 19.7 Å². The predicted octanol–water partition coefficient (Wildman–Crippen LogP) is 3.29. The van der Waals surface area contributed by atoms with Gasteiger partial charge in [-0.1, -0.05) is 17.7 Å². The molecule has 2 heterocycles. The van der Waals surface area contributed by atoms with Crippen LogP contribution in [0.5, 0.6) is 5.75 Å². The minimum Gasteiger partial charge on any atom is -0.492 e. The molecule has 8 heteroatoms. The third-order valence-corrected chi connectivity index (χ3v) is 6.00. The Hall–Kier alpha value is -2.61. The first-order chi connectivity index (χ1) is 15.6. The van der Waals surface area contributed by atoms with Crippen molar-refractivity contribution in [2.75, 3.05) is 51.3 Å². The molecule has 2 fully saturated rings. The summed E-state index contributed by atoms with van der Waals surface area (Å²) in [5, 5.41) is 3.55. The van der Waals surface area contributed by atoms with Crippen LogP contribution in [0.2, 0.25) is 5.02 Å². The van der Waals surface area contributed by atoms with Gasteiger partial charge in [-0.3, -0.25) is 14.5 Å². The molecule has 170 valence electrons. The van der Waals surface area contributed by atoms with Crippen molar-refractivity contribution in [3.05, 3.63) is 59.1 Å². The molecule has 2 aliphatic heterocycles. The van der Waals surface area contributed by atoms with E-state index in [2.05, 4.69) is 10.2 Å². The minimum absolute atomic E-state index is 0.0183. The Kier molecular flexibility index (Phi) is 7.63. The zero-order valence-electron chi connectivity index (χ0n) is 18.0. The van der Waals surface area contributed by atoms with Crippen LogP contribution < -0.4 is 10.1 Å². The molecule has 1 atom stereocenters. The summed E-state index contributed by atoms with van der Waals surface area (Å²) >= 11 is 5.89. The van der Waals surface area contributed by atoms with Gasteiger partial charge in [0.2, 0.25) is 0 Å². The fourth-order valence-corrected chi connectivity index (χ4v) is 4.04. The summed E-state index contributed by atoms with van der Waals surface area (Å²) in [7, 11) is 0. The molecule has 32 heavy (non-hydrogen) atoms. The second-order valence-electron chi connectivity index (χ2n) is 8.01. The molecule has 1 N–H and O–H groups in total. The van der Waals surface area contributed by atoms with E-state index in [-0.39, 0.29) is 11.8 Å². The third-order valence-electron chi connectivity index (χ3n) is 5.75. The Labute approximate surface area is 193 Å². The average molecular weight is 458 g/mol. The SMILES string of the molecule is O=C(Nc1cccc(C(=O)N2CCN(CCOc3ccc(Cl)cc3)CC2)c1)C1CCCO1. The lowest BCUT2D eigenvalue weighted by atomic mass is 10.1. The third kappa shape index (κ3) is 6.00. The number of amides is 2. The van der Waals surface area contributed by atoms with Crippen LogP contribution in [-0.2, 0) is 9.53 Å². The molecule has 2 aromatic rings. The normalized spacial score (nSPS) is 19.0. The topological polar surface area (TPSA) is 71.1 Å². The van der Waals surface area contributed by atoms with E-state index in [0.717, 1.165) is 38.2 Å². The number of nitrogens with one attached hydrogen (secondary N) is 1. The van der Waals surface area contributed by atoms with Gasteiger partial charge in [-0.2, -0.15) is 0 Å². The second kappa shape index (κ2) is 10.8. The van der Waals surface area contributed by atoms with Crippen molar-refractivity contribution in [2.24, 2.45) is 0 Å². The first-order valence-corrected chi connectivity index (χ1v) is 11.4. The van der Waals surface area contributed by atoms with Gasteiger partial charge in [-0.15, -0.1) is 0 Å². The standard InChI is InChI=1S/C24H28ClN3O4/c25-19-6-8-21(9-7-19)31-16-14-27-10-12-28(13-11-27)24(30)18-3-1-4-20(17-18)26-23(29)22-5-2-15-32-22/h1,3-4,6-9,17,22H,2,5,10-16H2,(H,26,29). The maximum Gasteiger partial charge on any atom is 0.254 e. The summed E-state index contributed by atoms with van der Waals surface area (Å²) < 4.78 is 11.2. The summed E-state index contributed by atoms with van der Waals surface area (Å²) in [6.07, 6.45) is 1.24. The highest BCUT2D eigenvalue weighted by Gasteiger charge is 2.25. The molecular weight excluding hydrogens is 430 g/mol. The van der Waals surface area contributed by atoms with Crippen LogP contribution in [0.1, 0.15) is 23.2 Å². The molecule has 0 saturated carbocycles. The highest BCUT2D eigenvalue weighted by Crippen LogP contribution is 2.18. The Morgan fingerprint density at radius 3 is 2.59 bits per heavy atom. The van der Waals surface area contributed by atoms with Crippen LogP contribution >= 0.6 is 11.6 Å². The number of anilines is 1. The summed E-state index contributed by atoms with van der Waals surface area (Å²) in [5.74, 6) is 0.631. The molecule has 7 nitrogen and oxygen atoms in total. The van der Waals surface area contributed by atoms with Crippen LogP contribution in [0, 0.1) is 0 Å². The molecule has 0 aromatic heterocycles. The number of rotatable bonds is 7. The van der Waals surface area contributed by atoms with E-state index < -0.39 is 6.10 Å². The van der Waals surface area contributed by atoms with Crippen molar-refractivity contribution >= 4 is 29.1 Å². The van der Waals surface area contributed by atoms with Gasteiger partial charge in [0.05, 0.1) is 0 Å². The Bertz CT molecular complexity index is 923. The number of hydrogen-bond donors (Lipinski definition) is 1.